The van der Waals surface area contributed by atoms with Crippen molar-refractivity contribution in [1.82, 2.24) is 9.55 Å². The van der Waals surface area contributed by atoms with Crippen LogP contribution in [-0.4, -0.2) is 56.2 Å². The summed E-state index contributed by atoms with van der Waals surface area (Å²) in [7, 11) is -3.74. The summed E-state index contributed by atoms with van der Waals surface area (Å²) in [5, 5.41) is 19.8. The summed E-state index contributed by atoms with van der Waals surface area (Å²) >= 11 is 0. The molecule has 0 radical (unpaired) electrons. The molecule has 0 spiro atoms. The van der Waals surface area contributed by atoms with E-state index in [0.29, 0.717) is 0 Å². The van der Waals surface area contributed by atoms with Gasteiger partial charge in [-0.1, -0.05) is 0 Å². The molecule has 1 saturated heterocycles. The first-order valence-electron chi connectivity index (χ1n) is 6.00. The van der Waals surface area contributed by atoms with Gasteiger partial charge in [0.15, 0.2) is 6.23 Å². The van der Waals surface area contributed by atoms with Crippen molar-refractivity contribution in [3.8, 4) is 0 Å². The van der Waals surface area contributed by atoms with Crippen molar-refractivity contribution >= 4 is 13.4 Å². The van der Waals surface area contributed by atoms with E-state index in [1.165, 1.54) is 12.3 Å². The number of anilines is 1. The molecule has 0 amide bonds. The smallest absolute Gasteiger partial charge is 0.351 e. The number of ether oxygens (including phenoxy) is 1. The van der Waals surface area contributed by atoms with Crippen molar-refractivity contribution in [3.05, 3.63) is 22.7 Å². The third-order valence-electron chi connectivity index (χ3n) is 2.94. The zero-order valence-corrected chi connectivity index (χ0v) is 12.0. The zero-order valence-electron chi connectivity index (χ0n) is 11.1. The number of hydrogen-bond donors (Lipinski definition) is 4. The molecule has 0 saturated carbocycles. The zero-order chi connectivity index (χ0) is 15.8. The van der Waals surface area contributed by atoms with Crippen molar-refractivity contribution in [2.24, 2.45) is 0 Å². The lowest BCUT2D eigenvalue weighted by Crippen LogP contribution is -2.36. The Labute approximate surface area is 119 Å². The maximum absolute atomic E-state index is 11.7. The van der Waals surface area contributed by atoms with Crippen LogP contribution in [0.25, 0.3) is 0 Å². The van der Waals surface area contributed by atoms with Crippen LogP contribution in [0.4, 0.5) is 5.82 Å². The molecular formula is C10H16N3O7P. The molecule has 5 atom stereocenters. The van der Waals surface area contributed by atoms with E-state index in [-0.39, 0.29) is 5.82 Å². The van der Waals surface area contributed by atoms with E-state index >= 15 is 0 Å². The van der Waals surface area contributed by atoms with Crippen LogP contribution in [0, 0.1) is 0 Å². The molecule has 118 valence electrons. The van der Waals surface area contributed by atoms with E-state index in [4.69, 9.17) is 15.4 Å². The Morgan fingerprint density at radius 1 is 1.52 bits per heavy atom. The van der Waals surface area contributed by atoms with Gasteiger partial charge in [-0.05, 0) is 6.07 Å². The molecule has 0 bridgehead atoms. The third kappa shape index (κ3) is 3.67. The van der Waals surface area contributed by atoms with Crippen LogP contribution >= 0.6 is 7.60 Å². The Morgan fingerprint density at radius 3 is 2.76 bits per heavy atom. The minimum atomic E-state index is -3.74. The van der Waals surface area contributed by atoms with Crippen LogP contribution in [0.15, 0.2) is 17.1 Å². The minimum absolute atomic E-state index is 0.0105. The molecule has 1 aromatic rings. The second-order valence-electron chi connectivity index (χ2n) is 4.69. The van der Waals surface area contributed by atoms with E-state index in [1.54, 1.807) is 0 Å². The summed E-state index contributed by atoms with van der Waals surface area (Å²) in [6.45, 7) is 0.576. The van der Waals surface area contributed by atoms with Gasteiger partial charge in [0, 0.05) is 12.9 Å². The average molecular weight is 321 g/mol. The summed E-state index contributed by atoms with van der Waals surface area (Å²) < 4.78 is 22.0. The molecule has 0 aliphatic carbocycles. The van der Waals surface area contributed by atoms with Crippen molar-refractivity contribution in [2.75, 3.05) is 19.0 Å². The van der Waals surface area contributed by atoms with Crippen LogP contribution in [-0.2, 0) is 13.8 Å². The van der Waals surface area contributed by atoms with Gasteiger partial charge in [0.05, 0.1) is 6.61 Å². The second kappa shape index (κ2) is 5.84. The highest BCUT2D eigenvalue weighted by Crippen LogP contribution is 2.38. The number of aromatic nitrogens is 2. The van der Waals surface area contributed by atoms with Crippen LogP contribution in [0.2, 0.25) is 0 Å². The lowest BCUT2D eigenvalue weighted by atomic mass is 10.1. The first kappa shape index (κ1) is 16.1. The molecule has 1 fully saturated rings. The highest BCUT2D eigenvalue weighted by atomic mass is 31.2. The Kier molecular flexibility index (Phi) is 4.47. The maximum Gasteiger partial charge on any atom is 0.351 e. The van der Waals surface area contributed by atoms with E-state index in [1.807, 2.05) is 0 Å². The van der Waals surface area contributed by atoms with E-state index in [2.05, 4.69) is 9.51 Å². The Balaban J connectivity index is 2.16. The predicted octanol–water partition coefficient (Wildman–Crippen LogP) is -1.72. The molecule has 10 nitrogen and oxygen atoms in total. The highest BCUT2D eigenvalue weighted by molar-refractivity contribution is 7.51. The number of rotatable bonds is 4. The first-order valence-corrected chi connectivity index (χ1v) is 8.02. The van der Waals surface area contributed by atoms with Gasteiger partial charge >= 0.3 is 13.3 Å². The molecule has 5 N–H and O–H groups in total. The lowest BCUT2D eigenvalue weighted by molar-refractivity contribution is -0.0523. The van der Waals surface area contributed by atoms with Crippen LogP contribution in [0.5, 0.6) is 0 Å². The van der Waals surface area contributed by atoms with Gasteiger partial charge < -0.3 is 30.1 Å². The summed E-state index contributed by atoms with van der Waals surface area (Å²) in [5.41, 5.74) is 4.60. The molecule has 2 heterocycles. The fourth-order valence-corrected chi connectivity index (χ4v) is 2.35. The van der Waals surface area contributed by atoms with E-state index < -0.39 is 44.4 Å². The number of nitrogens with two attached hydrogens (primary N) is 1. The van der Waals surface area contributed by atoms with Gasteiger partial charge in [0.1, 0.15) is 24.1 Å². The molecular weight excluding hydrogens is 305 g/mol. The fraction of sp³-hybridized carbons (Fsp3) is 0.600. The van der Waals surface area contributed by atoms with Gasteiger partial charge in [-0.3, -0.25) is 9.13 Å². The standard InChI is InChI=1S/C10H16N3O7P/c1-21(17,18)19-4-5-7(14)8(15)9(20-5)13-3-2-6(11)12-10(13)16/h2-3,5,7-9,14-15H,4H2,1H3,(H,17,18)(H2,11,12,16)/t5-,7-,8-,9-/m1/s1. The number of nitrogens with zero attached hydrogens (tertiary/aromatic N) is 2. The van der Waals surface area contributed by atoms with E-state index in [0.717, 1.165) is 11.2 Å². The van der Waals surface area contributed by atoms with Gasteiger partial charge in [-0.15, -0.1) is 0 Å². The van der Waals surface area contributed by atoms with E-state index in [9.17, 15) is 19.6 Å². The quantitative estimate of drug-likeness (QED) is 0.473. The highest BCUT2D eigenvalue weighted by Gasteiger charge is 2.44. The van der Waals surface area contributed by atoms with Crippen molar-refractivity contribution < 1.29 is 28.9 Å². The van der Waals surface area contributed by atoms with Gasteiger partial charge in [-0.25, -0.2) is 4.79 Å². The monoisotopic (exact) mass is 321 g/mol. The molecule has 1 aliphatic heterocycles. The number of aliphatic hydroxyl groups excluding tert-OH is 2. The molecule has 0 aromatic carbocycles. The third-order valence-corrected chi connectivity index (χ3v) is 3.57. The van der Waals surface area contributed by atoms with Crippen LogP contribution < -0.4 is 11.4 Å². The average Bonchev–Trinajstić information content (AvgIpc) is 2.64. The van der Waals surface area contributed by atoms with Gasteiger partial charge in [0.2, 0.25) is 0 Å². The SMILES string of the molecule is CP(=O)(O)OC[C@H]1O[C@@H](n2ccc(N)nc2=O)[C@H](O)[C@@H]1O. The summed E-state index contributed by atoms with van der Waals surface area (Å²) in [6.07, 6.45) is -3.78. The number of nitrogen functional groups attached to an aromatic ring is 1. The summed E-state index contributed by atoms with van der Waals surface area (Å²) in [6, 6.07) is 1.33. The molecule has 1 unspecified atom stereocenters. The van der Waals surface area contributed by atoms with Crippen molar-refractivity contribution in [2.45, 2.75) is 24.5 Å². The maximum atomic E-state index is 11.7. The Bertz CT molecular complexity index is 615. The minimum Gasteiger partial charge on any atom is -0.387 e. The Morgan fingerprint density at radius 2 is 2.19 bits per heavy atom. The molecule has 1 aromatic heterocycles. The first-order chi connectivity index (χ1) is 9.69. The molecule has 11 heteroatoms. The van der Waals surface area contributed by atoms with Gasteiger partial charge in [-0.2, -0.15) is 4.98 Å². The van der Waals surface area contributed by atoms with Crippen LogP contribution in [0.1, 0.15) is 6.23 Å². The lowest BCUT2D eigenvalue weighted by Gasteiger charge is -2.17. The van der Waals surface area contributed by atoms with Crippen molar-refractivity contribution in [1.29, 1.82) is 0 Å². The normalized spacial score (nSPS) is 32.0. The van der Waals surface area contributed by atoms with Crippen LogP contribution in [0.3, 0.4) is 0 Å². The number of aliphatic hydroxyl groups is 2. The number of hydrogen-bond acceptors (Lipinski definition) is 8. The van der Waals surface area contributed by atoms with Crippen molar-refractivity contribution in [3.63, 3.8) is 0 Å². The predicted molar refractivity (Wildman–Crippen MR) is 70.5 cm³/mol. The topological polar surface area (TPSA) is 157 Å². The second-order valence-corrected chi connectivity index (χ2v) is 6.55. The largest absolute Gasteiger partial charge is 0.387 e. The molecule has 2 rings (SSSR count). The van der Waals surface area contributed by atoms with Gasteiger partial charge in [0.25, 0.3) is 0 Å². The summed E-state index contributed by atoms with van der Waals surface area (Å²) in [4.78, 5) is 24.2. The fourth-order valence-electron chi connectivity index (χ4n) is 1.93. The molecule has 1 aliphatic rings. The molecule has 21 heavy (non-hydrogen) atoms. The Hall–Kier alpha value is -1.29. The summed E-state index contributed by atoms with van der Waals surface area (Å²) in [5.74, 6) is 0.0105.